The molecule has 0 spiro atoms. The fourth-order valence-electron chi connectivity index (χ4n) is 1.89. The number of primary amides is 1. The summed E-state index contributed by atoms with van der Waals surface area (Å²) in [5, 5.41) is 10.7. The average molecular weight is 258 g/mol. The van der Waals surface area contributed by atoms with Gasteiger partial charge in [-0.3, -0.25) is 24.7 Å². The van der Waals surface area contributed by atoms with E-state index in [1.54, 1.807) is 11.8 Å². The zero-order chi connectivity index (χ0) is 13.7. The number of rotatable bonds is 4. The highest BCUT2D eigenvalue weighted by atomic mass is 16.4. The first-order chi connectivity index (χ1) is 8.40. The summed E-state index contributed by atoms with van der Waals surface area (Å²) < 4.78 is 0. The Labute approximate surface area is 105 Å². The van der Waals surface area contributed by atoms with E-state index in [9.17, 15) is 14.4 Å². The topological polar surface area (TPSA) is 116 Å². The summed E-state index contributed by atoms with van der Waals surface area (Å²) in [5.41, 5.74) is 4.87. The second kappa shape index (κ2) is 6.31. The molecule has 0 aliphatic carbocycles. The first kappa shape index (κ1) is 14.4. The van der Waals surface area contributed by atoms with Gasteiger partial charge in [0.15, 0.2) is 0 Å². The number of nitrogens with zero attached hydrogens (tertiary/aromatic N) is 2. The Morgan fingerprint density at radius 2 is 1.83 bits per heavy atom. The Bertz CT molecular complexity index is 339. The van der Waals surface area contributed by atoms with Crippen molar-refractivity contribution in [3.05, 3.63) is 0 Å². The Hall–Kier alpha value is -1.67. The predicted molar refractivity (Wildman–Crippen MR) is 62.8 cm³/mol. The van der Waals surface area contributed by atoms with Gasteiger partial charge in [-0.1, -0.05) is 0 Å². The monoisotopic (exact) mass is 258 g/mol. The number of amides is 3. The van der Waals surface area contributed by atoms with Crippen LogP contribution in [0.2, 0.25) is 0 Å². The van der Waals surface area contributed by atoms with Gasteiger partial charge in [0.05, 0.1) is 12.6 Å². The van der Waals surface area contributed by atoms with Crippen molar-refractivity contribution in [2.24, 2.45) is 5.73 Å². The molecule has 1 fully saturated rings. The van der Waals surface area contributed by atoms with Crippen LogP contribution in [-0.2, 0) is 9.59 Å². The summed E-state index contributed by atoms with van der Waals surface area (Å²) in [7, 11) is 0. The third-order valence-electron chi connectivity index (χ3n) is 2.94. The van der Waals surface area contributed by atoms with E-state index >= 15 is 0 Å². The lowest BCUT2D eigenvalue weighted by Gasteiger charge is -2.36. The number of piperazine rings is 1. The Morgan fingerprint density at radius 1 is 1.28 bits per heavy atom. The normalized spacial score (nSPS) is 19.2. The first-order valence-corrected chi connectivity index (χ1v) is 5.68. The number of carboxylic acids is 1. The number of aliphatic carboxylic acids is 1. The SMILES string of the molecule is CC(C(=O)NC(N)=O)N1CCN(CC(=O)O)CC1. The molecule has 0 aromatic rings. The van der Waals surface area contributed by atoms with Crippen LogP contribution in [-0.4, -0.2) is 71.6 Å². The fourth-order valence-corrected chi connectivity index (χ4v) is 1.89. The van der Waals surface area contributed by atoms with Crippen LogP contribution in [0, 0.1) is 0 Å². The number of carbonyl (C=O) groups excluding carboxylic acids is 2. The van der Waals surface area contributed by atoms with E-state index in [0.29, 0.717) is 26.2 Å². The number of nitrogens with two attached hydrogens (primary N) is 1. The maximum Gasteiger partial charge on any atom is 0.318 e. The largest absolute Gasteiger partial charge is 0.480 e. The summed E-state index contributed by atoms with van der Waals surface area (Å²) in [6, 6.07) is -1.32. The van der Waals surface area contributed by atoms with Gasteiger partial charge in [0.25, 0.3) is 0 Å². The molecule has 1 aliphatic rings. The highest BCUT2D eigenvalue weighted by molar-refractivity contribution is 5.96. The maximum atomic E-state index is 11.6. The molecule has 1 heterocycles. The van der Waals surface area contributed by atoms with Gasteiger partial charge in [0, 0.05) is 26.2 Å². The molecule has 1 rings (SSSR count). The van der Waals surface area contributed by atoms with Crippen LogP contribution in [0.3, 0.4) is 0 Å². The summed E-state index contributed by atoms with van der Waals surface area (Å²) in [5.74, 6) is -1.29. The van der Waals surface area contributed by atoms with E-state index < -0.39 is 23.9 Å². The smallest absolute Gasteiger partial charge is 0.318 e. The molecule has 0 saturated carbocycles. The predicted octanol–water partition coefficient (Wildman–Crippen LogP) is -1.73. The van der Waals surface area contributed by atoms with E-state index in [0.717, 1.165) is 0 Å². The van der Waals surface area contributed by atoms with Crippen molar-refractivity contribution < 1.29 is 19.5 Å². The van der Waals surface area contributed by atoms with Crippen molar-refractivity contribution in [1.82, 2.24) is 15.1 Å². The van der Waals surface area contributed by atoms with Crippen LogP contribution in [0.25, 0.3) is 0 Å². The van der Waals surface area contributed by atoms with Gasteiger partial charge < -0.3 is 10.8 Å². The molecule has 1 unspecified atom stereocenters. The molecular formula is C10H18N4O4. The first-order valence-electron chi connectivity index (χ1n) is 5.68. The number of nitrogens with one attached hydrogen (secondary N) is 1. The number of carboxylic acid groups (broad SMARTS) is 1. The van der Waals surface area contributed by atoms with Gasteiger partial charge in [-0.15, -0.1) is 0 Å². The van der Waals surface area contributed by atoms with E-state index in [4.69, 9.17) is 10.8 Å². The number of carbonyl (C=O) groups is 3. The minimum Gasteiger partial charge on any atom is -0.480 e. The van der Waals surface area contributed by atoms with Crippen LogP contribution in [0.5, 0.6) is 0 Å². The summed E-state index contributed by atoms with van der Waals surface area (Å²) in [6.45, 7) is 4.03. The van der Waals surface area contributed by atoms with E-state index in [-0.39, 0.29) is 6.54 Å². The van der Waals surface area contributed by atoms with Crippen LogP contribution in [0.4, 0.5) is 4.79 Å². The number of imide groups is 1. The van der Waals surface area contributed by atoms with Crippen molar-refractivity contribution in [2.45, 2.75) is 13.0 Å². The zero-order valence-electron chi connectivity index (χ0n) is 10.3. The van der Waals surface area contributed by atoms with Gasteiger partial charge >= 0.3 is 12.0 Å². The molecule has 1 aliphatic heterocycles. The second-order valence-corrected chi connectivity index (χ2v) is 4.24. The third-order valence-corrected chi connectivity index (χ3v) is 2.94. The van der Waals surface area contributed by atoms with Crippen LogP contribution < -0.4 is 11.1 Å². The van der Waals surface area contributed by atoms with Crippen molar-refractivity contribution in [2.75, 3.05) is 32.7 Å². The molecule has 0 aromatic carbocycles. The molecule has 4 N–H and O–H groups in total. The van der Waals surface area contributed by atoms with Crippen LogP contribution >= 0.6 is 0 Å². The van der Waals surface area contributed by atoms with Crippen LogP contribution in [0.15, 0.2) is 0 Å². The summed E-state index contributed by atoms with van der Waals surface area (Å²) in [6.07, 6.45) is 0. The van der Waals surface area contributed by atoms with Gasteiger partial charge in [0.1, 0.15) is 0 Å². The van der Waals surface area contributed by atoms with Crippen molar-refractivity contribution >= 4 is 17.9 Å². The minimum atomic E-state index is -0.864. The number of hydrogen-bond acceptors (Lipinski definition) is 5. The molecule has 0 bridgehead atoms. The maximum absolute atomic E-state index is 11.6. The van der Waals surface area contributed by atoms with Crippen molar-refractivity contribution in [1.29, 1.82) is 0 Å². The van der Waals surface area contributed by atoms with E-state index in [1.807, 2.05) is 10.2 Å². The third kappa shape index (κ3) is 4.30. The molecule has 8 heteroatoms. The highest BCUT2D eigenvalue weighted by Gasteiger charge is 2.26. The van der Waals surface area contributed by atoms with E-state index in [2.05, 4.69) is 0 Å². The molecule has 102 valence electrons. The molecule has 18 heavy (non-hydrogen) atoms. The highest BCUT2D eigenvalue weighted by Crippen LogP contribution is 2.06. The van der Waals surface area contributed by atoms with Gasteiger partial charge in [-0.25, -0.2) is 4.79 Å². The Balaban J connectivity index is 2.40. The van der Waals surface area contributed by atoms with Gasteiger partial charge in [0.2, 0.25) is 5.91 Å². The lowest BCUT2D eigenvalue weighted by molar-refractivity contribution is -0.139. The molecule has 8 nitrogen and oxygen atoms in total. The number of urea groups is 1. The lowest BCUT2D eigenvalue weighted by atomic mass is 10.2. The van der Waals surface area contributed by atoms with E-state index in [1.165, 1.54) is 0 Å². The molecule has 3 amide bonds. The summed E-state index contributed by atoms with van der Waals surface area (Å²) in [4.78, 5) is 36.3. The molecule has 1 saturated heterocycles. The average Bonchev–Trinajstić information content (AvgIpc) is 2.27. The van der Waals surface area contributed by atoms with Gasteiger partial charge in [-0.05, 0) is 6.92 Å². The zero-order valence-corrected chi connectivity index (χ0v) is 10.3. The Kier molecular flexibility index (Phi) is 5.05. The quantitative estimate of drug-likeness (QED) is 0.552. The summed E-state index contributed by atoms with van der Waals surface area (Å²) >= 11 is 0. The van der Waals surface area contributed by atoms with Crippen LogP contribution in [0.1, 0.15) is 6.92 Å². The molecule has 0 radical (unpaired) electrons. The molecular weight excluding hydrogens is 240 g/mol. The molecule has 1 atom stereocenters. The number of hydrogen-bond donors (Lipinski definition) is 3. The Morgan fingerprint density at radius 3 is 2.28 bits per heavy atom. The second-order valence-electron chi connectivity index (χ2n) is 4.24. The standard InChI is InChI=1S/C10H18N4O4/c1-7(9(17)12-10(11)18)14-4-2-13(3-5-14)6-8(15)16/h7H,2-6H2,1H3,(H,15,16)(H3,11,12,17,18). The fraction of sp³-hybridized carbons (Fsp3) is 0.700. The van der Waals surface area contributed by atoms with Gasteiger partial charge in [-0.2, -0.15) is 0 Å². The lowest BCUT2D eigenvalue weighted by Crippen LogP contribution is -2.55. The minimum absolute atomic E-state index is 0.00963. The van der Waals surface area contributed by atoms with Crippen molar-refractivity contribution in [3.63, 3.8) is 0 Å². The van der Waals surface area contributed by atoms with Crippen molar-refractivity contribution in [3.8, 4) is 0 Å². The molecule has 0 aromatic heterocycles.